The molecule has 3 aromatic carbocycles. The SMILES string of the molecule is Cc1cccc(N(CC(=O)N(Cc2ccc(Cl)cc2)[C@@H](C)C(=O)NC(C)(C)C)S(=O)(=O)c2ccccc2)c1. The molecular formula is C29H34ClN3O4S. The molecule has 1 N–H and O–H groups in total. The Balaban J connectivity index is 2.02. The van der Waals surface area contributed by atoms with Gasteiger partial charge in [0.05, 0.1) is 10.6 Å². The fourth-order valence-electron chi connectivity index (χ4n) is 3.87. The molecule has 0 saturated carbocycles. The number of benzene rings is 3. The molecule has 9 heteroatoms. The van der Waals surface area contributed by atoms with Crippen LogP contribution in [-0.2, 0) is 26.2 Å². The Kier molecular flexibility index (Phi) is 9.22. The van der Waals surface area contributed by atoms with Crippen molar-refractivity contribution in [2.45, 2.75) is 57.6 Å². The third kappa shape index (κ3) is 7.58. The molecule has 0 radical (unpaired) electrons. The number of rotatable bonds is 9. The molecule has 3 rings (SSSR count). The van der Waals surface area contributed by atoms with E-state index in [0.717, 1.165) is 15.4 Å². The average Bonchev–Trinajstić information content (AvgIpc) is 2.85. The minimum Gasteiger partial charge on any atom is -0.350 e. The number of carbonyl (C=O) groups is 2. The summed E-state index contributed by atoms with van der Waals surface area (Å²) in [5, 5.41) is 3.46. The maximum atomic E-state index is 13.9. The zero-order chi connectivity index (χ0) is 28.1. The van der Waals surface area contributed by atoms with Crippen LogP contribution < -0.4 is 9.62 Å². The number of hydrogen-bond donors (Lipinski definition) is 1. The van der Waals surface area contributed by atoms with Gasteiger partial charge >= 0.3 is 0 Å². The molecule has 7 nitrogen and oxygen atoms in total. The molecule has 1 atom stereocenters. The van der Waals surface area contributed by atoms with Gasteiger partial charge in [0, 0.05) is 17.1 Å². The van der Waals surface area contributed by atoms with Gasteiger partial charge in [0.15, 0.2) is 0 Å². The lowest BCUT2D eigenvalue weighted by Gasteiger charge is -2.33. The zero-order valence-corrected chi connectivity index (χ0v) is 23.9. The molecule has 0 unspecified atom stereocenters. The van der Waals surface area contributed by atoms with Crippen LogP contribution in [0.15, 0.2) is 83.8 Å². The summed E-state index contributed by atoms with van der Waals surface area (Å²) in [6.07, 6.45) is 0. The van der Waals surface area contributed by atoms with Crippen LogP contribution in [0.3, 0.4) is 0 Å². The number of anilines is 1. The molecule has 0 bridgehead atoms. The average molecular weight is 556 g/mol. The lowest BCUT2D eigenvalue weighted by Crippen LogP contribution is -2.54. The van der Waals surface area contributed by atoms with Crippen molar-refractivity contribution in [1.29, 1.82) is 0 Å². The van der Waals surface area contributed by atoms with Crippen LogP contribution in [0.1, 0.15) is 38.8 Å². The van der Waals surface area contributed by atoms with Crippen LogP contribution in [0.4, 0.5) is 5.69 Å². The van der Waals surface area contributed by atoms with Crippen molar-refractivity contribution in [1.82, 2.24) is 10.2 Å². The van der Waals surface area contributed by atoms with E-state index in [1.54, 1.807) is 67.6 Å². The molecule has 0 aliphatic heterocycles. The quantitative estimate of drug-likeness (QED) is 0.394. The Labute approximate surface area is 230 Å². The highest BCUT2D eigenvalue weighted by Crippen LogP contribution is 2.25. The summed E-state index contributed by atoms with van der Waals surface area (Å²) >= 11 is 6.04. The standard InChI is InChI=1S/C29H34ClN3O4S/c1-21-10-9-11-25(18-21)33(38(36,37)26-12-7-6-8-13-26)20-27(34)32(19-23-14-16-24(30)17-15-23)22(2)28(35)31-29(3,4)5/h6-18,22H,19-20H2,1-5H3,(H,31,35)/t22-/m0/s1. The molecule has 38 heavy (non-hydrogen) atoms. The van der Waals surface area contributed by atoms with E-state index in [1.165, 1.54) is 17.0 Å². The molecule has 0 spiro atoms. The Morgan fingerprint density at radius 2 is 1.58 bits per heavy atom. The molecule has 202 valence electrons. The van der Waals surface area contributed by atoms with Crippen molar-refractivity contribution < 1.29 is 18.0 Å². The Bertz CT molecular complexity index is 1370. The van der Waals surface area contributed by atoms with Crippen molar-refractivity contribution in [3.8, 4) is 0 Å². The minimum atomic E-state index is -4.08. The molecule has 3 aromatic rings. The van der Waals surface area contributed by atoms with Gasteiger partial charge in [-0.3, -0.25) is 13.9 Å². The van der Waals surface area contributed by atoms with Crippen molar-refractivity contribution in [3.63, 3.8) is 0 Å². The van der Waals surface area contributed by atoms with Crippen LogP contribution in [0.25, 0.3) is 0 Å². The second-order valence-corrected chi connectivity index (χ2v) is 12.5. The molecule has 0 aliphatic carbocycles. The van der Waals surface area contributed by atoms with E-state index < -0.39 is 34.1 Å². The fourth-order valence-corrected chi connectivity index (χ4v) is 5.43. The predicted molar refractivity (Wildman–Crippen MR) is 152 cm³/mol. The summed E-state index contributed by atoms with van der Waals surface area (Å²) in [5.41, 5.74) is 1.45. The van der Waals surface area contributed by atoms with Gasteiger partial charge in [-0.25, -0.2) is 8.42 Å². The van der Waals surface area contributed by atoms with Crippen LogP contribution >= 0.6 is 11.6 Å². The second-order valence-electron chi connectivity index (χ2n) is 10.2. The Morgan fingerprint density at radius 3 is 2.16 bits per heavy atom. The number of halogens is 1. The maximum Gasteiger partial charge on any atom is 0.264 e. The molecule has 2 amide bonds. The second kappa shape index (κ2) is 12.0. The summed E-state index contributed by atoms with van der Waals surface area (Å²) in [6, 6.07) is 21.0. The van der Waals surface area contributed by atoms with E-state index in [2.05, 4.69) is 5.32 Å². The fraction of sp³-hybridized carbons (Fsp3) is 0.310. The van der Waals surface area contributed by atoms with Gasteiger partial charge < -0.3 is 10.2 Å². The Morgan fingerprint density at radius 1 is 0.947 bits per heavy atom. The van der Waals surface area contributed by atoms with Crippen molar-refractivity contribution >= 4 is 39.1 Å². The first-order chi connectivity index (χ1) is 17.8. The van der Waals surface area contributed by atoms with Crippen molar-refractivity contribution in [3.05, 3.63) is 95.0 Å². The van der Waals surface area contributed by atoms with Crippen molar-refractivity contribution in [2.75, 3.05) is 10.8 Å². The van der Waals surface area contributed by atoms with E-state index >= 15 is 0 Å². The summed E-state index contributed by atoms with van der Waals surface area (Å²) < 4.78 is 28.6. The van der Waals surface area contributed by atoms with Crippen molar-refractivity contribution in [2.24, 2.45) is 0 Å². The lowest BCUT2D eigenvalue weighted by atomic mass is 10.1. The van der Waals surface area contributed by atoms with Gasteiger partial charge in [-0.15, -0.1) is 0 Å². The normalized spacial score (nSPS) is 12.5. The summed E-state index contributed by atoms with van der Waals surface area (Å²) in [6.45, 7) is 8.67. The van der Waals surface area contributed by atoms with Gasteiger partial charge in [-0.05, 0) is 82.1 Å². The van der Waals surface area contributed by atoms with E-state index in [1.807, 2.05) is 33.8 Å². The molecule has 0 heterocycles. The number of amides is 2. The van der Waals surface area contributed by atoms with Gasteiger partial charge in [-0.2, -0.15) is 0 Å². The number of sulfonamides is 1. The first kappa shape index (κ1) is 29.2. The Hall–Kier alpha value is -3.36. The molecule has 0 saturated heterocycles. The van der Waals surface area contributed by atoms with E-state index in [-0.39, 0.29) is 17.3 Å². The molecule has 0 aromatic heterocycles. The van der Waals surface area contributed by atoms with Gasteiger partial charge in [0.25, 0.3) is 10.0 Å². The predicted octanol–water partition coefficient (Wildman–Crippen LogP) is 5.18. The molecule has 0 fully saturated rings. The molecule has 0 aliphatic rings. The highest BCUT2D eigenvalue weighted by Gasteiger charge is 2.33. The lowest BCUT2D eigenvalue weighted by molar-refractivity contribution is -0.140. The topological polar surface area (TPSA) is 86.8 Å². The van der Waals surface area contributed by atoms with Crippen LogP contribution in [-0.4, -0.2) is 43.3 Å². The third-order valence-electron chi connectivity index (χ3n) is 5.83. The van der Waals surface area contributed by atoms with E-state index in [0.29, 0.717) is 10.7 Å². The van der Waals surface area contributed by atoms with Crippen LogP contribution in [0.2, 0.25) is 5.02 Å². The zero-order valence-electron chi connectivity index (χ0n) is 22.3. The van der Waals surface area contributed by atoms with E-state index in [4.69, 9.17) is 11.6 Å². The van der Waals surface area contributed by atoms with E-state index in [9.17, 15) is 18.0 Å². The molecular weight excluding hydrogens is 522 g/mol. The highest BCUT2D eigenvalue weighted by molar-refractivity contribution is 7.92. The van der Waals surface area contributed by atoms with Crippen LogP contribution in [0.5, 0.6) is 0 Å². The number of nitrogens with one attached hydrogen (secondary N) is 1. The first-order valence-corrected chi connectivity index (χ1v) is 14.1. The summed E-state index contributed by atoms with van der Waals surface area (Å²) in [4.78, 5) is 28.5. The van der Waals surface area contributed by atoms with Crippen LogP contribution in [0, 0.1) is 6.92 Å². The minimum absolute atomic E-state index is 0.0667. The highest BCUT2D eigenvalue weighted by atomic mass is 35.5. The van der Waals surface area contributed by atoms with Gasteiger partial charge in [0.1, 0.15) is 12.6 Å². The number of aryl methyl sites for hydroxylation is 1. The summed E-state index contributed by atoms with van der Waals surface area (Å²) in [7, 11) is -4.08. The maximum absolute atomic E-state index is 13.9. The van der Waals surface area contributed by atoms with Gasteiger partial charge in [0.2, 0.25) is 11.8 Å². The number of hydrogen-bond acceptors (Lipinski definition) is 4. The third-order valence-corrected chi connectivity index (χ3v) is 7.87. The first-order valence-electron chi connectivity index (χ1n) is 12.3. The smallest absolute Gasteiger partial charge is 0.264 e. The summed E-state index contributed by atoms with van der Waals surface area (Å²) in [5.74, 6) is -0.856. The number of carbonyl (C=O) groups excluding carboxylic acids is 2. The van der Waals surface area contributed by atoms with Gasteiger partial charge in [-0.1, -0.05) is 54.1 Å². The monoisotopic (exact) mass is 555 g/mol. The largest absolute Gasteiger partial charge is 0.350 e. The number of nitrogens with zero attached hydrogens (tertiary/aromatic N) is 2.